The summed E-state index contributed by atoms with van der Waals surface area (Å²) in [5.74, 6) is -0.0591. The zero-order valence-corrected chi connectivity index (χ0v) is 23.0. The molecule has 10 heteroatoms. The van der Waals surface area contributed by atoms with Crippen molar-refractivity contribution in [3.63, 3.8) is 0 Å². The molecular weight excluding hydrogens is 512 g/mol. The van der Waals surface area contributed by atoms with Crippen molar-refractivity contribution >= 4 is 22.8 Å². The molecule has 0 bridgehead atoms. The molecule has 4 aromatic rings. The Morgan fingerprint density at radius 3 is 2.20 bits per heavy atom. The van der Waals surface area contributed by atoms with E-state index >= 15 is 0 Å². The van der Waals surface area contributed by atoms with Gasteiger partial charge < -0.3 is 19.7 Å². The first-order valence-corrected chi connectivity index (χ1v) is 12.7. The monoisotopic (exact) mass is 544 g/mol. The summed E-state index contributed by atoms with van der Waals surface area (Å²) in [6.07, 6.45) is 0. The molecule has 0 atom stereocenters. The molecule has 10 nitrogen and oxygen atoms in total. The number of hydrogen-bond acceptors (Lipinski definition) is 7. The minimum absolute atomic E-state index is 0.00526. The fraction of sp³-hybridized carbons (Fsp3) is 0.267. The number of esters is 1. The van der Waals surface area contributed by atoms with Gasteiger partial charge in [-0.15, -0.1) is 0 Å². The van der Waals surface area contributed by atoms with E-state index in [-0.39, 0.29) is 24.4 Å². The van der Waals surface area contributed by atoms with Crippen molar-refractivity contribution < 1.29 is 19.1 Å². The van der Waals surface area contributed by atoms with E-state index in [0.29, 0.717) is 35.3 Å². The molecule has 0 saturated carbocycles. The van der Waals surface area contributed by atoms with E-state index < -0.39 is 17.2 Å². The van der Waals surface area contributed by atoms with Gasteiger partial charge in [0.1, 0.15) is 12.4 Å². The maximum Gasteiger partial charge on any atom is 0.338 e. The third-order valence-corrected chi connectivity index (χ3v) is 6.53. The largest absolute Gasteiger partial charge is 0.497 e. The molecule has 208 valence electrons. The molecule has 0 spiro atoms. The lowest BCUT2D eigenvalue weighted by Crippen LogP contribution is -2.39. The van der Waals surface area contributed by atoms with Crippen LogP contribution in [0.15, 0.2) is 76.3 Å². The van der Waals surface area contributed by atoms with E-state index in [1.54, 1.807) is 50.6 Å². The summed E-state index contributed by atoms with van der Waals surface area (Å²) in [5.41, 5.74) is 1.68. The van der Waals surface area contributed by atoms with Gasteiger partial charge in [-0.2, -0.15) is 0 Å². The highest BCUT2D eigenvalue weighted by Gasteiger charge is 2.15. The van der Waals surface area contributed by atoms with Crippen molar-refractivity contribution in [3.05, 3.63) is 110 Å². The van der Waals surface area contributed by atoms with Gasteiger partial charge in [-0.25, -0.2) is 9.59 Å². The number of hydrogen-bond donors (Lipinski definition) is 1. The maximum atomic E-state index is 13.4. The van der Waals surface area contributed by atoms with Gasteiger partial charge in [0.15, 0.2) is 0 Å². The second-order valence-corrected chi connectivity index (χ2v) is 9.63. The van der Waals surface area contributed by atoms with Gasteiger partial charge in [0.05, 0.1) is 30.1 Å². The lowest BCUT2D eigenvalue weighted by Gasteiger charge is -2.13. The maximum absolute atomic E-state index is 13.4. The lowest BCUT2D eigenvalue weighted by atomic mass is 10.1. The molecule has 3 aromatic carbocycles. The van der Waals surface area contributed by atoms with E-state index in [4.69, 9.17) is 9.47 Å². The van der Waals surface area contributed by atoms with Gasteiger partial charge in [-0.05, 0) is 67.7 Å². The summed E-state index contributed by atoms with van der Waals surface area (Å²) < 4.78 is 12.9. The van der Waals surface area contributed by atoms with Crippen LogP contribution in [0.25, 0.3) is 10.9 Å². The minimum atomic E-state index is -0.505. The number of nitrogens with zero attached hydrogens (tertiary/aromatic N) is 3. The Balaban J connectivity index is 1.53. The Kier molecular flexibility index (Phi) is 8.80. The number of carbonyl (C=O) groups is 2. The summed E-state index contributed by atoms with van der Waals surface area (Å²) in [6.45, 7) is 1.20. The van der Waals surface area contributed by atoms with Gasteiger partial charge in [-0.1, -0.05) is 24.3 Å². The first kappa shape index (κ1) is 28.3. The molecule has 1 heterocycles. The van der Waals surface area contributed by atoms with Crippen LogP contribution in [0.1, 0.15) is 31.8 Å². The molecule has 0 aliphatic heterocycles. The third-order valence-electron chi connectivity index (χ3n) is 6.53. The van der Waals surface area contributed by atoms with Crippen molar-refractivity contribution in [2.24, 2.45) is 7.05 Å². The standard InChI is InChI=1S/C30H32N4O6/c1-32(2)15-16-40-29(37)22-9-5-21(6-10-22)19-34-28(36)25-17-23(11-14-26(25)33(3)30(34)38)27(35)31-18-20-7-12-24(39-4)13-8-20/h5-14,17H,15-16,18-19H2,1-4H3,(H,31,35). The molecule has 0 aliphatic rings. The Morgan fingerprint density at radius 2 is 1.55 bits per heavy atom. The normalized spacial score (nSPS) is 11.0. The summed E-state index contributed by atoms with van der Waals surface area (Å²) in [6, 6.07) is 18.6. The number of benzene rings is 3. The summed E-state index contributed by atoms with van der Waals surface area (Å²) in [5, 5.41) is 3.10. The highest BCUT2D eigenvalue weighted by molar-refractivity contribution is 5.97. The first-order valence-electron chi connectivity index (χ1n) is 12.7. The molecule has 0 saturated heterocycles. The van der Waals surface area contributed by atoms with Crippen LogP contribution in [0.5, 0.6) is 5.75 Å². The van der Waals surface area contributed by atoms with E-state index in [1.807, 2.05) is 43.3 Å². The average molecular weight is 545 g/mol. The highest BCUT2D eigenvalue weighted by Crippen LogP contribution is 2.14. The highest BCUT2D eigenvalue weighted by atomic mass is 16.5. The van der Waals surface area contributed by atoms with Crippen LogP contribution in [-0.2, 0) is 24.9 Å². The number of amides is 1. The molecular formula is C30H32N4O6. The zero-order chi connectivity index (χ0) is 28.8. The number of aryl methyl sites for hydroxylation is 1. The number of carbonyl (C=O) groups excluding carboxylic acids is 2. The van der Waals surface area contributed by atoms with E-state index in [2.05, 4.69) is 5.32 Å². The topological polar surface area (TPSA) is 112 Å². The molecule has 1 amide bonds. The third kappa shape index (κ3) is 6.47. The number of rotatable bonds is 10. The van der Waals surface area contributed by atoms with Gasteiger partial charge >= 0.3 is 11.7 Å². The van der Waals surface area contributed by atoms with Gasteiger partial charge in [0.2, 0.25) is 0 Å². The van der Waals surface area contributed by atoms with Crippen molar-refractivity contribution in [3.8, 4) is 5.75 Å². The van der Waals surface area contributed by atoms with Gasteiger partial charge in [0, 0.05) is 25.7 Å². The Labute approximate surface area is 231 Å². The quantitative estimate of drug-likeness (QED) is 0.305. The predicted octanol–water partition coefficient (Wildman–Crippen LogP) is 2.41. The van der Waals surface area contributed by atoms with Gasteiger partial charge in [-0.3, -0.25) is 18.7 Å². The summed E-state index contributed by atoms with van der Waals surface area (Å²) in [4.78, 5) is 53.5. The fourth-order valence-corrected chi connectivity index (χ4v) is 4.16. The molecule has 4 rings (SSSR count). The van der Waals surface area contributed by atoms with Gasteiger partial charge in [0.25, 0.3) is 11.5 Å². The second-order valence-electron chi connectivity index (χ2n) is 9.63. The molecule has 40 heavy (non-hydrogen) atoms. The number of ether oxygens (including phenoxy) is 2. The van der Waals surface area contributed by atoms with E-state index in [1.165, 1.54) is 10.6 Å². The second kappa shape index (κ2) is 12.4. The summed E-state index contributed by atoms with van der Waals surface area (Å²) in [7, 11) is 6.95. The van der Waals surface area contributed by atoms with E-state index in [0.717, 1.165) is 15.9 Å². The Bertz CT molecular complexity index is 1640. The number of methoxy groups -OCH3 is 1. The average Bonchev–Trinajstić information content (AvgIpc) is 2.97. The number of fused-ring (bicyclic) bond motifs is 1. The number of nitrogens with one attached hydrogen (secondary N) is 1. The first-order chi connectivity index (χ1) is 19.2. The lowest BCUT2D eigenvalue weighted by molar-refractivity contribution is 0.0481. The van der Waals surface area contributed by atoms with Crippen LogP contribution in [0, 0.1) is 0 Å². The number of aromatic nitrogens is 2. The van der Waals surface area contributed by atoms with Crippen LogP contribution >= 0.6 is 0 Å². The van der Waals surface area contributed by atoms with Crippen LogP contribution in [0.2, 0.25) is 0 Å². The number of likely N-dealkylation sites (N-methyl/N-ethyl adjacent to an activating group) is 1. The Hall–Kier alpha value is -4.70. The van der Waals surface area contributed by atoms with Crippen LogP contribution in [0.3, 0.4) is 0 Å². The van der Waals surface area contributed by atoms with Crippen molar-refractivity contribution in [2.75, 3.05) is 34.4 Å². The predicted molar refractivity (Wildman–Crippen MR) is 152 cm³/mol. The Morgan fingerprint density at radius 1 is 0.900 bits per heavy atom. The van der Waals surface area contributed by atoms with Crippen LogP contribution in [0.4, 0.5) is 0 Å². The van der Waals surface area contributed by atoms with Crippen LogP contribution < -0.4 is 21.3 Å². The van der Waals surface area contributed by atoms with Crippen molar-refractivity contribution in [2.45, 2.75) is 13.1 Å². The summed E-state index contributed by atoms with van der Waals surface area (Å²) >= 11 is 0. The fourth-order valence-electron chi connectivity index (χ4n) is 4.16. The molecule has 0 radical (unpaired) electrons. The smallest absolute Gasteiger partial charge is 0.338 e. The van der Waals surface area contributed by atoms with Crippen molar-refractivity contribution in [1.29, 1.82) is 0 Å². The van der Waals surface area contributed by atoms with Crippen molar-refractivity contribution in [1.82, 2.24) is 19.4 Å². The van der Waals surface area contributed by atoms with E-state index in [9.17, 15) is 19.2 Å². The molecule has 0 aliphatic carbocycles. The van der Waals surface area contributed by atoms with Crippen LogP contribution in [-0.4, -0.2) is 60.3 Å². The molecule has 1 aromatic heterocycles. The SMILES string of the molecule is COc1ccc(CNC(=O)c2ccc3c(c2)c(=O)n(Cc2ccc(C(=O)OCCN(C)C)cc2)c(=O)n3C)cc1. The zero-order valence-electron chi connectivity index (χ0n) is 23.0. The molecule has 1 N–H and O–H groups in total. The minimum Gasteiger partial charge on any atom is -0.497 e. The molecule has 0 unspecified atom stereocenters. The molecule has 0 fully saturated rings.